The maximum atomic E-state index is 9.01. The highest BCUT2D eigenvalue weighted by Gasteiger charge is 2.18. The molecule has 2 rings (SSSR count). The largest absolute Gasteiger partial charge is 0.395 e. The van der Waals surface area contributed by atoms with Crippen molar-refractivity contribution >= 4 is 0 Å². The average Bonchev–Trinajstić information content (AvgIpc) is 2.49. The molecule has 1 unspecified atom stereocenters. The Bertz CT molecular complexity index is 456. The lowest BCUT2D eigenvalue weighted by Gasteiger charge is -2.35. The van der Waals surface area contributed by atoms with Crippen molar-refractivity contribution in [2.75, 3.05) is 45.9 Å². The molecule has 1 fully saturated rings. The molecule has 1 aromatic carbocycles. The minimum absolute atomic E-state index is 0.235. The van der Waals surface area contributed by atoms with Crippen molar-refractivity contribution in [2.45, 2.75) is 39.5 Å². The lowest BCUT2D eigenvalue weighted by molar-refractivity contribution is 0.103. The van der Waals surface area contributed by atoms with Crippen LogP contribution in [-0.4, -0.2) is 60.8 Å². The van der Waals surface area contributed by atoms with E-state index in [1.807, 2.05) is 0 Å². The Labute approximate surface area is 142 Å². The second-order valence-electron chi connectivity index (χ2n) is 8.12. The molecule has 1 N–H and O–H groups in total. The van der Waals surface area contributed by atoms with Gasteiger partial charge in [0.05, 0.1) is 6.61 Å². The molecule has 0 spiro atoms. The van der Waals surface area contributed by atoms with Crippen molar-refractivity contribution in [3.63, 3.8) is 0 Å². The molecule has 1 heterocycles. The smallest absolute Gasteiger partial charge is 0.0558 e. The molecule has 0 aliphatic carbocycles. The lowest BCUT2D eigenvalue weighted by Crippen LogP contribution is -2.48. The van der Waals surface area contributed by atoms with Gasteiger partial charge in [-0.3, -0.25) is 4.90 Å². The molecule has 23 heavy (non-hydrogen) atoms. The van der Waals surface area contributed by atoms with Gasteiger partial charge in [0.2, 0.25) is 0 Å². The number of benzene rings is 1. The highest BCUT2D eigenvalue weighted by Crippen LogP contribution is 2.23. The number of nitrogens with zero attached hydrogens (tertiary/aromatic N) is 2. The first-order chi connectivity index (χ1) is 10.9. The van der Waals surface area contributed by atoms with Crippen LogP contribution in [0.1, 0.15) is 38.8 Å². The van der Waals surface area contributed by atoms with Crippen LogP contribution >= 0.6 is 0 Å². The number of β-amino-alcohol motifs (C(OH)–C–C–N with tert-alkyl or cyclic N) is 1. The topological polar surface area (TPSA) is 26.7 Å². The SMILES string of the molecule is CC(Cc1ccc(C(C)(C)C)cc1)CN1CCN(CCO)CC1. The van der Waals surface area contributed by atoms with Crippen molar-refractivity contribution in [3.8, 4) is 0 Å². The molecule has 0 radical (unpaired) electrons. The van der Waals surface area contributed by atoms with Gasteiger partial charge in [0.1, 0.15) is 0 Å². The summed E-state index contributed by atoms with van der Waals surface area (Å²) in [5.74, 6) is 0.680. The highest BCUT2D eigenvalue weighted by molar-refractivity contribution is 5.27. The molecule has 130 valence electrons. The van der Waals surface area contributed by atoms with E-state index in [0.29, 0.717) is 5.92 Å². The zero-order valence-corrected chi connectivity index (χ0v) is 15.4. The molecule has 1 saturated heterocycles. The molecule has 3 nitrogen and oxygen atoms in total. The van der Waals surface area contributed by atoms with E-state index in [9.17, 15) is 0 Å². The van der Waals surface area contributed by atoms with Crippen LogP contribution in [-0.2, 0) is 11.8 Å². The quantitative estimate of drug-likeness (QED) is 0.874. The lowest BCUT2D eigenvalue weighted by atomic mass is 9.86. The molecular formula is C20H34N2O. The van der Waals surface area contributed by atoms with E-state index < -0.39 is 0 Å². The van der Waals surface area contributed by atoms with Gasteiger partial charge in [-0.05, 0) is 28.9 Å². The number of hydrogen-bond donors (Lipinski definition) is 1. The highest BCUT2D eigenvalue weighted by atomic mass is 16.3. The van der Waals surface area contributed by atoms with Crippen LogP contribution in [0.2, 0.25) is 0 Å². The number of rotatable bonds is 6. The van der Waals surface area contributed by atoms with Crippen molar-refractivity contribution in [1.82, 2.24) is 9.80 Å². The molecule has 0 amide bonds. The molecule has 1 aliphatic heterocycles. The number of aliphatic hydroxyl groups excluding tert-OH is 1. The average molecular weight is 319 g/mol. The summed E-state index contributed by atoms with van der Waals surface area (Å²) in [7, 11) is 0. The molecule has 1 aliphatic rings. The first-order valence-corrected chi connectivity index (χ1v) is 9.03. The molecule has 1 aromatic rings. The predicted octanol–water partition coefficient (Wildman–Crippen LogP) is 2.77. The number of aliphatic hydroxyl groups is 1. The van der Waals surface area contributed by atoms with E-state index >= 15 is 0 Å². The summed E-state index contributed by atoms with van der Waals surface area (Å²) in [4.78, 5) is 4.93. The van der Waals surface area contributed by atoms with Gasteiger partial charge in [-0.15, -0.1) is 0 Å². The molecule has 3 heteroatoms. The van der Waals surface area contributed by atoms with Crippen LogP contribution in [0.15, 0.2) is 24.3 Å². The minimum Gasteiger partial charge on any atom is -0.395 e. The summed E-state index contributed by atoms with van der Waals surface area (Å²) >= 11 is 0. The maximum Gasteiger partial charge on any atom is 0.0558 e. The fraction of sp³-hybridized carbons (Fsp3) is 0.700. The van der Waals surface area contributed by atoms with Crippen LogP contribution in [0.3, 0.4) is 0 Å². The summed E-state index contributed by atoms with van der Waals surface area (Å²) in [5.41, 5.74) is 3.09. The van der Waals surface area contributed by atoms with Crippen molar-refractivity contribution < 1.29 is 5.11 Å². The van der Waals surface area contributed by atoms with Crippen LogP contribution in [0.25, 0.3) is 0 Å². The van der Waals surface area contributed by atoms with Gasteiger partial charge in [0.15, 0.2) is 0 Å². The third-order valence-electron chi connectivity index (χ3n) is 4.86. The van der Waals surface area contributed by atoms with Crippen LogP contribution in [0.4, 0.5) is 0 Å². The van der Waals surface area contributed by atoms with Gasteiger partial charge in [-0.2, -0.15) is 0 Å². The zero-order chi connectivity index (χ0) is 16.9. The second-order valence-corrected chi connectivity index (χ2v) is 8.12. The summed E-state index contributed by atoms with van der Waals surface area (Å²) in [6, 6.07) is 9.18. The van der Waals surface area contributed by atoms with E-state index in [1.165, 1.54) is 17.7 Å². The first kappa shape index (κ1) is 18.4. The van der Waals surface area contributed by atoms with Crippen LogP contribution in [0, 0.1) is 5.92 Å². The molecule has 0 bridgehead atoms. The predicted molar refractivity (Wildman–Crippen MR) is 98.0 cm³/mol. The third-order valence-corrected chi connectivity index (χ3v) is 4.86. The zero-order valence-electron chi connectivity index (χ0n) is 15.4. The monoisotopic (exact) mass is 318 g/mol. The van der Waals surface area contributed by atoms with Gasteiger partial charge >= 0.3 is 0 Å². The summed E-state index contributed by atoms with van der Waals surface area (Å²) in [6.07, 6.45) is 1.15. The summed E-state index contributed by atoms with van der Waals surface area (Å²) in [6.45, 7) is 15.9. The van der Waals surface area contributed by atoms with Gasteiger partial charge in [-0.25, -0.2) is 0 Å². The summed E-state index contributed by atoms with van der Waals surface area (Å²) in [5, 5.41) is 9.01. The Balaban J connectivity index is 1.78. The number of hydrogen-bond acceptors (Lipinski definition) is 3. The van der Waals surface area contributed by atoms with Gasteiger partial charge in [-0.1, -0.05) is 52.0 Å². The Morgan fingerprint density at radius 2 is 1.57 bits per heavy atom. The fourth-order valence-electron chi connectivity index (χ4n) is 3.39. The summed E-state index contributed by atoms with van der Waals surface area (Å²) < 4.78 is 0. The molecule has 1 atom stereocenters. The van der Waals surface area contributed by atoms with Crippen molar-refractivity contribution in [3.05, 3.63) is 35.4 Å². The Hall–Kier alpha value is -0.900. The standard InChI is InChI=1S/C20H34N2O/c1-17(16-22-11-9-21(10-12-22)13-14-23)15-18-5-7-19(8-6-18)20(2,3)4/h5-8,17,23H,9-16H2,1-4H3. The van der Waals surface area contributed by atoms with E-state index in [1.54, 1.807) is 0 Å². The minimum atomic E-state index is 0.235. The first-order valence-electron chi connectivity index (χ1n) is 9.03. The van der Waals surface area contributed by atoms with Gasteiger partial charge < -0.3 is 10.0 Å². The van der Waals surface area contributed by atoms with Gasteiger partial charge in [0.25, 0.3) is 0 Å². The Morgan fingerprint density at radius 3 is 2.09 bits per heavy atom. The molecular weight excluding hydrogens is 284 g/mol. The van der Waals surface area contributed by atoms with Crippen LogP contribution in [0.5, 0.6) is 0 Å². The van der Waals surface area contributed by atoms with E-state index in [0.717, 1.165) is 39.1 Å². The van der Waals surface area contributed by atoms with E-state index in [4.69, 9.17) is 5.11 Å². The van der Waals surface area contributed by atoms with Gasteiger partial charge in [0, 0.05) is 39.3 Å². The number of piperazine rings is 1. The maximum absolute atomic E-state index is 9.01. The van der Waals surface area contributed by atoms with Crippen molar-refractivity contribution in [1.29, 1.82) is 0 Å². The van der Waals surface area contributed by atoms with E-state index in [2.05, 4.69) is 61.8 Å². The van der Waals surface area contributed by atoms with Crippen molar-refractivity contribution in [2.24, 2.45) is 5.92 Å². The fourth-order valence-corrected chi connectivity index (χ4v) is 3.39. The normalized spacial score (nSPS) is 19.0. The second kappa shape index (κ2) is 8.27. The molecule has 0 saturated carbocycles. The Kier molecular flexibility index (Phi) is 6.63. The molecule has 0 aromatic heterocycles. The van der Waals surface area contributed by atoms with E-state index in [-0.39, 0.29) is 12.0 Å². The Morgan fingerprint density at radius 1 is 1.00 bits per heavy atom. The van der Waals surface area contributed by atoms with Crippen LogP contribution < -0.4 is 0 Å². The third kappa shape index (κ3) is 5.91.